The Morgan fingerprint density at radius 1 is 0.969 bits per heavy atom. The van der Waals surface area contributed by atoms with Crippen molar-refractivity contribution in [2.24, 2.45) is 0 Å². The molecule has 2 aromatic rings. The van der Waals surface area contributed by atoms with E-state index < -0.39 is 30.4 Å². The molecule has 2 atom stereocenters. The van der Waals surface area contributed by atoms with Gasteiger partial charge in [-0.15, -0.1) is 0 Å². The zero-order valence-corrected chi connectivity index (χ0v) is 19.0. The number of hydrogen-bond acceptors (Lipinski definition) is 5. The van der Waals surface area contributed by atoms with E-state index in [1.54, 1.807) is 24.3 Å². The monoisotopic (exact) mass is 436 g/mol. The molecule has 0 spiro atoms. The summed E-state index contributed by atoms with van der Waals surface area (Å²) in [7, 11) is 4.17. The molecule has 170 valence electrons. The first kappa shape index (κ1) is 25.3. The van der Waals surface area contributed by atoms with E-state index in [1.165, 1.54) is 18.9 Å². The van der Waals surface area contributed by atoms with Crippen LogP contribution in [0.2, 0.25) is 0 Å². The number of nitrogens with one attached hydrogen (secondary N) is 1. The summed E-state index contributed by atoms with van der Waals surface area (Å²) in [6, 6.07) is 13.8. The molecule has 32 heavy (non-hydrogen) atoms. The Morgan fingerprint density at radius 3 is 2.03 bits per heavy atom. The normalized spacial score (nSPS) is 12.6. The molecular weight excluding hydrogens is 404 g/mol. The molecule has 6 nitrogen and oxygen atoms in total. The fourth-order valence-electron chi connectivity index (χ4n) is 3.15. The molecule has 0 saturated carbocycles. The second-order valence-corrected chi connectivity index (χ2v) is 8.10. The molecule has 0 aliphatic carbocycles. The molecule has 2 aromatic carbocycles. The molecule has 0 heterocycles. The van der Waals surface area contributed by atoms with Crippen LogP contribution in [0.4, 0.5) is 0 Å². The molecular formula is C26H32N2O4. The van der Waals surface area contributed by atoms with Gasteiger partial charge in [-0.3, -0.25) is 9.59 Å². The van der Waals surface area contributed by atoms with Crippen molar-refractivity contribution in [3.63, 3.8) is 0 Å². The van der Waals surface area contributed by atoms with E-state index in [-0.39, 0.29) is 0 Å². The number of aliphatic hydroxyl groups excluding tert-OH is 2. The number of carbonyl (C=O) groups excluding carboxylic acids is 2. The number of ketones is 1. The predicted octanol–water partition coefficient (Wildman–Crippen LogP) is 2.01. The maximum Gasteiger partial charge on any atom is 0.251 e. The van der Waals surface area contributed by atoms with E-state index in [0.717, 1.165) is 30.5 Å². The zero-order valence-electron chi connectivity index (χ0n) is 19.0. The standard InChI is InChI=1S/C26H32N2O4/c1-19(30)25(24(31)18-29)27-26(32)23-15-13-22(14-16-23)12-11-21-9-7-20(8-10-21)6-4-5-17-28(2)3/h7-10,13-16,19,25,29-30H,4-6,17-18H2,1-3H3,(H,27,32)/t19-,25+/m1/s1. The summed E-state index contributed by atoms with van der Waals surface area (Å²) >= 11 is 0. The highest BCUT2D eigenvalue weighted by atomic mass is 16.3. The summed E-state index contributed by atoms with van der Waals surface area (Å²) in [5.74, 6) is 5.06. The lowest BCUT2D eigenvalue weighted by atomic mass is 10.1. The van der Waals surface area contributed by atoms with Crippen LogP contribution in [0.5, 0.6) is 0 Å². The predicted molar refractivity (Wildman–Crippen MR) is 125 cm³/mol. The van der Waals surface area contributed by atoms with Gasteiger partial charge in [-0.25, -0.2) is 0 Å². The van der Waals surface area contributed by atoms with Gasteiger partial charge < -0.3 is 20.4 Å². The summed E-state index contributed by atoms with van der Waals surface area (Å²) in [4.78, 5) is 26.2. The second-order valence-electron chi connectivity index (χ2n) is 8.10. The number of Topliss-reactive ketones (excluding diaryl/α,β-unsaturated/α-hetero) is 1. The van der Waals surface area contributed by atoms with Crippen LogP contribution in [0.15, 0.2) is 48.5 Å². The van der Waals surface area contributed by atoms with Gasteiger partial charge in [0.2, 0.25) is 0 Å². The van der Waals surface area contributed by atoms with E-state index in [0.29, 0.717) is 5.56 Å². The third-order valence-electron chi connectivity index (χ3n) is 5.04. The van der Waals surface area contributed by atoms with Gasteiger partial charge in [0.05, 0.1) is 6.10 Å². The summed E-state index contributed by atoms with van der Waals surface area (Å²) in [6.07, 6.45) is 2.30. The fourth-order valence-corrected chi connectivity index (χ4v) is 3.15. The Labute approximate surface area is 190 Å². The zero-order chi connectivity index (χ0) is 23.5. The van der Waals surface area contributed by atoms with E-state index in [1.807, 2.05) is 12.1 Å². The number of rotatable bonds is 10. The Morgan fingerprint density at radius 2 is 1.53 bits per heavy atom. The quantitative estimate of drug-likeness (QED) is 0.392. The van der Waals surface area contributed by atoms with Crippen LogP contribution in [0.1, 0.15) is 46.8 Å². The van der Waals surface area contributed by atoms with Gasteiger partial charge in [-0.1, -0.05) is 24.0 Å². The summed E-state index contributed by atoms with van der Waals surface area (Å²) in [6.45, 7) is 1.74. The summed E-state index contributed by atoms with van der Waals surface area (Å²) < 4.78 is 0. The molecule has 0 unspecified atom stereocenters. The fraction of sp³-hybridized carbons (Fsp3) is 0.385. The molecule has 0 fully saturated rings. The Hall–Kier alpha value is -2.98. The van der Waals surface area contributed by atoms with Crippen molar-refractivity contribution in [2.75, 3.05) is 27.2 Å². The number of nitrogens with zero attached hydrogens (tertiary/aromatic N) is 1. The van der Waals surface area contributed by atoms with Crippen LogP contribution in [0.3, 0.4) is 0 Å². The van der Waals surface area contributed by atoms with Crippen LogP contribution in [-0.4, -0.2) is 66.2 Å². The van der Waals surface area contributed by atoms with E-state index >= 15 is 0 Å². The number of unbranched alkanes of at least 4 members (excludes halogenated alkanes) is 1. The van der Waals surface area contributed by atoms with Gasteiger partial charge in [0.25, 0.3) is 5.91 Å². The molecule has 3 N–H and O–H groups in total. The maximum absolute atomic E-state index is 12.3. The number of hydrogen-bond donors (Lipinski definition) is 3. The second kappa shape index (κ2) is 12.8. The van der Waals surface area contributed by atoms with Crippen LogP contribution < -0.4 is 5.32 Å². The van der Waals surface area contributed by atoms with Gasteiger partial charge in [-0.2, -0.15) is 0 Å². The Balaban J connectivity index is 1.94. The number of carbonyl (C=O) groups is 2. The maximum atomic E-state index is 12.3. The molecule has 0 aromatic heterocycles. The molecule has 0 radical (unpaired) electrons. The van der Waals surface area contributed by atoms with Gasteiger partial charge in [0.1, 0.15) is 12.6 Å². The minimum absolute atomic E-state index is 0.338. The highest BCUT2D eigenvalue weighted by Crippen LogP contribution is 2.09. The average Bonchev–Trinajstić information content (AvgIpc) is 2.79. The Bertz CT molecular complexity index is 939. The van der Waals surface area contributed by atoms with Gasteiger partial charge in [0.15, 0.2) is 5.78 Å². The van der Waals surface area contributed by atoms with Crippen LogP contribution in [0, 0.1) is 11.8 Å². The molecule has 2 rings (SSSR count). The number of amides is 1. The SMILES string of the molecule is C[C@@H](O)[C@H](NC(=O)c1ccc(C#Cc2ccc(CCCCN(C)C)cc2)cc1)C(=O)CO. The molecule has 1 amide bonds. The first-order valence-electron chi connectivity index (χ1n) is 10.8. The third-order valence-corrected chi connectivity index (χ3v) is 5.04. The third kappa shape index (κ3) is 8.27. The van der Waals surface area contributed by atoms with E-state index in [2.05, 4.69) is 48.3 Å². The summed E-state index contributed by atoms with van der Waals surface area (Å²) in [5, 5.41) is 21.1. The van der Waals surface area contributed by atoms with E-state index in [4.69, 9.17) is 5.11 Å². The average molecular weight is 437 g/mol. The van der Waals surface area contributed by atoms with Gasteiger partial charge in [-0.05, 0) is 88.8 Å². The lowest BCUT2D eigenvalue weighted by Gasteiger charge is -2.19. The first-order valence-corrected chi connectivity index (χ1v) is 10.8. The largest absolute Gasteiger partial charge is 0.391 e. The van der Waals surface area contributed by atoms with Crippen LogP contribution in [-0.2, 0) is 11.2 Å². The summed E-state index contributed by atoms with van der Waals surface area (Å²) in [5.41, 5.74) is 3.32. The molecule has 0 aliphatic rings. The van der Waals surface area contributed by atoms with Crippen molar-refractivity contribution in [1.29, 1.82) is 0 Å². The van der Waals surface area contributed by atoms with Gasteiger partial charge >= 0.3 is 0 Å². The first-order chi connectivity index (χ1) is 15.3. The molecule has 0 bridgehead atoms. The number of aryl methyl sites for hydroxylation is 1. The topological polar surface area (TPSA) is 89.9 Å². The lowest BCUT2D eigenvalue weighted by Crippen LogP contribution is -2.48. The number of benzene rings is 2. The van der Waals surface area contributed by atoms with Crippen LogP contribution >= 0.6 is 0 Å². The molecule has 0 saturated heterocycles. The van der Waals surface area contributed by atoms with Crippen molar-refractivity contribution in [1.82, 2.24) is 10.2 Å². The Kier molecular flexibility index (Phi) is 10.1. The van der Waals surface area contributed by atoms with Gasteiger partial charge in [0, 0.05) is 16.7 Å². The van der Waals surface area contributed by atoms with Crippen molar-refractivity contribution in [3.8, 4) is 11.8 Å². The number of aliphatic hydroxyl groups is 2. The minimum Gasteiger partial charge on any atom is -0.391 e. The van der Waals surface area contributed by atoms with Crippen molar-refractivity contribution in [2.45, 2.75) is 38.3 Å². The van der Waals surface area contributed by atoms with Crippen LogP contribution in [0.25, 0.3) is 0 Å². The minimum atomic E-state index is -1.15. The highest BCUT2D eigenvalue weighted by molar-refractivity contribution is 5.98. The molecule has 0 aliphatic heterocycles. The smallest absolute Gasteiger partial charge is 0.251 e. The van der Waals surface area contributed by atoms with E-state index in [9.17, 15) is 14.7 Å². The van der Waals surface area contributed by atoms with Crippen molar-refractivity contribution in [3.05, 3.63) is 70.8 Å². The van der Waals surface area contributed by atoms with Crippen molar-refractivity contribution >= 4 is 11.7 Å². The van der Waals surface area contributed by atoms with Crippen molar-refractivity contribution < 1.29 is 19.8 Å². The lowest BCUT2D eigenvalue weighted by molar-refractivity contribution is -0.125. The highest BCUT2D eigenvalue weighted by Gasteiger charge is 2.25. The molecule has 6 heteroatoms.